The summed E-state index contributed by atoms with van der Waals surface area (Å²) in [6, 6.07) is 4.60. The molecule has 2 aromatic heterocycles. The van der Waals surface area contributed by atoms with E-state index in [1.165, 1.54) is 12.8 Å². The van der Waals surface area contributed by atoms with Gasteiger partial charge in [-0.2, -0.15) is 0 Å². The molecule has 0 saturated heterocycles. The van der Waals surface area contributed by atoms with Gasteiger partial charge in [-0.25, -0.2) is 9.97 Å². The zero-order valence-electron chi connectivity index (χ0n) is 11.0. The van der Waals surface area contributed by atoms with Gasteiger partial charge < -0.3 is 15.0 Å². The van der Waals surface area contributed by atoms with E-state index < -0.39 is 0 Å². The second-order valence-corrected chi connectivity index (χ2v) is 4.90. The third-order valence-electron chi connectivity index (χ3n) is 3.22. The predicted molar refractivity (Wildman–Crippen MR) is 72.0 cm³/mol. The van der Waals surface area contributed by atoms with E-state index in [0.717, 1.165) is 36.1 Å². The molecule has 0 aliphatic heterocycles. The maximum atomic E-state index is 5.04. The van der Waals surface area contributed by atoms with Gasteiger partial charge in [-0.3, -0.25) is 0 Å². The summed E-state index contributed by atoms with van der Waals surface area (Å²) in [4.78, 5) is 11.9. The van der Waals surface area contributed by atoms with E-state index >= 15 is 0 Å². The van der Waals surface area contributed by atoms with E-state index in [4.69, 9.17) is 4.74 Å². The average molecular weight is 258 g/mol. The second-order valence-electron chi connectivity index (χ2n) is 4.90. The highest BCUT2D eigenvalue weighted by Crippen LogP contribution is 2.19. The number of imidazole rings is 1. The van der Waals surface area contributed by atoms with Crippen LogP contribution in [-0.4, -0.2) is 28.1 Å². The molecule has 0 bridgehead atoms. The predicted octanol–water partition coefficient (Wildman–Crippen LogP) is 1.66. The average Bonchev–Trinajstić information content (AvgIpc) is 3.17. The van der Waals surface area contributed by atoms with Crippen LogP contribution < -0.4 is 10.1 Å². The summed E-state index contributed by atoms with van der Waals surface area (Å²) in [7, 11) is 1.62. The van der Waals surface area contributed by atoms with E-state index in [9.17, 15) is 0 Å². The van der Waals surface area contributed by atoms with Crippen molar-refractivity contribution in [2.45, 2.75) is 31.8 Å². The van der Waals surface area contributed by atoms with Crippen LogP contribution in [-0.2, 0) is 13.0 Å². The van der Waals surface area contributed by atoms with Gasteiger partial charge in [0.05, 0.1) is 7.11 Å². The number of pyridine rings is 1. The number of methoxy groups -OCH3 is 1. The molecule has 0 amide bonds. The molecule has 19 heavy (non-hydrogen) atoms. The van der Waals surface area contributed by atoms with Crippen LogP contribution in [0.2, 0.25) is 0 Å². The third-order valence-corrected chi connectivity index (χ3v) is 3.22. The SMILES string of the molecule is COc1ccc(Cc2ncc(CNC3CC3)[nH]2)cn1. The first-order valence-corrected chi connectivity index (χ1v) is 6.58. The van der Waals surface area contributed by atoms with Gasteiger partial charge in [-0.05, 0) is 18.4 Å². The molecular weight excluding hydrogens is 240 g/mol. The lowest BCUT2D eigenvalue weighted by Gasteiger charge is -2.01. The standard InChI is InChI=1S/C14H18N4O/c1-19-14-5-2-10(7-17-14)6-13-16-9-12(18-13)8-15-11-3-4-11/h2,5,7,9,11,15H,3-4,6,8H2,1H3,(H,16,18). The van der Waals surface area contributed by atoms with Crippen molar-refractivity contribution in [3.8, 4) is 5.88 Å². The molecule has 1 fully saturated rings. The van der Waals surface area contributed by atoms with Crippen molar-refractivity contribution in [2.75, 3.05) is 7.11 Å². The quantitative estimate of drug-likeness (QED) is 0.827. The lowest BCUT2D eigenvalue weighted by molar-refractivity contribution is 0.397. The summed E-state index contributed by atoms with van der Waals surface area (Å²) in [6.07, 6.45) is 7.10. The van der Waals surface area contributed by atoms with Crippen LogP contribution in [0.15, 0.2) is 24.5 Å². The van der Waals surface area contributed by atoms with Crippen molar-refractivity contribution >= 4 is 0 Å². The Morgan fingerprint density at radius 1 is 1.32 bits per heavy atom. The molecule has 0 atom stereocenters. The van der Waals surface area contributed by atoms with Crippen LogP contribution in [0.4, 0.5) is 0 Å². The summed E-state index contributed by atoms with van der Waals surface area (Å²) in [5.74, 6) is 1.61. The zero-order valence-corrected chi connectivity index (χ0v) is 11.0. The first kappa shape index (κ1) is 12.2. The second kappa shape index (κ2) is 5.40. The Bertz CT molecular complexity index is 531. The fraction of sp³-hybridized carbons (Fsp3) is 0.429. The Balaban J connectivity index is 1.58. The molecule has 5 nitrogen and oxygen atoms in total. The Morgan fingerprint density at radius 2 is 2.21 bits per heavy atom. The van der Waals surface area contributed by atoms with Crippen LogP contribution in [0.5, 0.6) is 5.88 Å². The number of H-pyrrole nitrogens is 1. The van der Waals surface area contributed by atoms with Crippen molar-refractivity contribution in [2.24, 2.45) is 0 Å². The highest BCUT2D eigenvalue weighted by Gasteiger charge is 2.20. The normalized spacial score (nSPS) is 14.6. The number of aromatic amines is 1. The van der Waals surface area contributed by atoms with Crippen LogP contribution in [0.3, 0.4) is 0 Å². The maximum Gasteiger partial charge on any atom is 0.212 e. The molecule has 5 heteroatoms. The summed E-state index contributed by atoms with van der Waals surface area (Å²) in [5.41, 5.74) is 2.26. The molecule has 1 saturated carbocycles. The van der Waals surface area contributed by atoms with E-state index in [1.807, 2.05) is 24.5 Å². The van der Waals surface area contributed by atoms with Crippen LogP contribution in [0.1, 0.15) is 29.9 Å². The van der Waals surface area contributed by atoms with Crippen molar-refractivity contribution < 1.29 is 4.74 Å². The highest BCUT2D eigenvalue weighted by molar-refractivity contribution is 5.21. The van der Waals surface area contributed by atoms with E-state index in [2.05, 4.69) is 20.3 Å². The minimum Gasteiger partial charge on any atom is -0.481 e. The first-order valence-electron chi connectivity index (χ1n) is 6.58. The molecule has 2 N–H and O–H groups in total. The van der Waals surface area contributed by atoms with Gasteiger partial charge in [-0.1, -0.05) is 6.07 Å². The minimum atomic E-state index is 0.637. The van der Waals surface area contributed by atoms with Gasteiger partial charge in [0.2, 0.25) is 5.88 Å². The molecule has 0 radical (unpaired) electrons. The molecule has 2 heterocycles. The number of hydrogen-bond acceptors (Lipinski definition) is 4. The number of ether oxygens (including phenoxy) is 1. The van der Waals surface area contributed by atoms with Gasteiger partial charge in [0.1, 0.15) is 5.82 Å². The Kier molecular flexibility index (Phi) is 3.46. The van der Waals surface area contributed by atoms with Crippen molar-refractivity contribution in [3.05, 3.63) is 41.6 Å². The summed E-state index contributed by atoms with van der Waals surface area (Å²) in [5, 5.41) is 3.47. The third kappa shape index (κ3) is 3.32. The van der Waals surface area contributed by atoms with Crippen molar-refractivity contribution in [1.29, 1.82) is 0 Å². The van der Waals surface area contributed by atoms with Crippen LogP contribution in [0.25, 0.3) is 0 Å². The smallest absolute Gasteiger partial charge is 0.212 e. The summed E-state index contributed by atoms with van der Waals surface area (Å²) in [6.45, 7) is 0.874. The number of nitrogens with one attached hydrogen (secondary N) is 2. The Morgan fingerprint density at radius 3 is 2.89 bits per heavy atom. The number of hydrogen-bond donors (Lipinski definition) is 2. The van der Waals surface area contributed by atoms with Gasteiger partial charge in [0.25, 0.3) is 0 Å². The van der Waals surface area contributed by atoms with Crippen LogP contribution >= 0.6 is 0 Å². The molecule has 0 aromatic carbocycles. The molecule has 0 spiro atoms. The number of aromatic nitrogens is 3. The van der Waals surface area contributed by atoms with Crippen molar-refractivity contribution in [1.82, 2.24) is 20.3 Å². The monoisotopic (exact) mass is 258 g/mol. The van der Waals surface area contributed by atoms with Crippen molar-refractivity contribution in [3.63, 3.8) is 0 Å². The summed E-state index contributed by atoms with van der Waals surface area (Å²) >= 11 is 0. The minimum absolute atomic E-state index is 0.637. The molecule has 1 aliphatic rings. The summed E-state index contributed by atoms with van der Waals surface area (Å²) < 4.78 is 5.04. The van der Waals surface area contributed by atoms with Crippen LogP contribution in [0, 0.1) is 0 Å². The number of nitrogens with zero attached hydrogens (tertiary/aromatic N) is 2. The molecule has 1 aliphatic carbocycles. The lowest BCUT2D eigenvalue weighted by Crippen LogP contribution is -2.15. The zero-order chi connectivity index (χ0) is 13.1. The maximum absolute atomic E-state index is 5.04. The van der Waals surface area contributed by atoms with E-state index in [0.29, 0.717) is 5.88 Å². The fourth-order valence-electron chi connectivity index (χ4n) is 1.96. The van der Waals surface area contributed by atoms with E-state index in [1.54, 1.807) is 7.11 Å². The molecular formula is C14H18N4O. The van der Waals surface area contributed by atoms with Gasteiger partial charge in [0.15, 0.2) is 0 Å². The fourth-order valence-corrected chi connectivity index (χ4v) is 1.96. The topological polar surface area (TPSA) is 62.8 Å². The molecule has 2 aromatic rings. The van der Waals surface area contributed by atoms with Gasteiger partial charge >= 0.3 is 0 Å². The molecule has 3 rings (SSSR count). The highest BCUT2D eigenvalue weighted by atomic mass is 16.5. The first-order chi connectivity index (χ1) is 9.33. The Hall–Kier alpha value is -1.88. The van der Waals surface area contributed by atoms with E-state index in [-0.39, 0.29) is 0 Å². The van der Waals surface area contributed by atoms with Gasteiger partial charge in [0, 0.05) is 43.2 Å². The lowest BCUT2D eigenvalue weighted by atomic mass is 10.2. The Labute approximate surface area is 112 Å². The van der Waals surface area contributed by atoms with Gasteiger partial charge in [-0.15, -0.1) is 0 Å². The molecule has 0 unspecified atom stereocenters. The molecule has 100 valence electrons. The number of rotatable bonds is 6. The largest absolute Gasteiger partial charge is 0.481 e.